The van der Waals surface area contributed by atoms with E-state index in [0.717, 1.165) is 61.6 Å². The number of allylic oxidation sites excluding steroid dienone is 1. The Labute approximate surface area is 171 Å². The van der Waals surface area contributed by atoms with Crippen LogP contribution in [0.1, 0.15) is 24.1 Å². The van der Waals surface area contributed by atoms with E-state index in [1.165, 1.54) is 12.1 Å². The summed E-state index contributed by atoms with van der Waals surface area (Å²) in [4.78, 5) is 23.2. The highest BCUT2D eigenvalue weighted by Crippen LogP contribution is 2.28. The molecule has 2 N–H and O–H groups in total. The molecule has 2 heterocycles. The number of rotatable bonds is 4. The van der Waals surface area contributed by atoms with Crippen LogP contribution in [0, 0.1) is 0 Å². The molecule has 0 spiro atoms. The van der Waals surface area contributed by atoms with Gasteiger partial charge in [-0.15, -0.1) is 13.2 Å². The van der Waals surface area contributed by atoms with Crippen molar-refractivity contribution in [1.82, 2.24) is 15.3 Å². The van der Waals surface area contributed by atoms with Gasteiger partial charge in [0.2, 0.25) is 0 Å². The van der Waals surface area contributed by atoms with Gasteiger partial charge in [-0.3, -0.25) is 0 Å². The third kappa shape index (κ3) is 4.81. The molecule has 1 fully saturated rings. The second kappa shape index (κ2) is 8.21. The van der Waals surface area contributed by atoms with Crippen LogP contribution in [0.3, 0.4) is 0 Å². The number of piperidine rings is 1. The summed E-state index contributed by atoms with van der Waals surface area (Å²) in [5.41, 5.74) is 2.48. The number of urea groups is 1. The lowest BCUT2D eigenvalue weighted by molar-refractivity contribution is -0.274. The fourth-order valence-corrected chi connectivity index (χ4v) is 3.62. The largest absolute Gasteiger partial charge is 0.573 e. The highest BCUT2D eigenvalue weighted by molar-refractivity contribution is 5.89. The van der Waals surface area contributed by atoms with Crippen molar-refractivity contribution >= 4 is 23.6 Å². The number of halogens is 3. The van der Waals surface area contributed by atoms with Gasteiger partial charge in [0.25, 0.3) is 0 Å². The van der Waals surface area contributed by atoms with Crippen molar-refractivity contribution in [2.24, 2.45) is 0 Å². The van der Waals surface area contributed by atoms with Crippen LogP contribution >= 0.6 is 0 Å². The predicted molar refractivity (Wildman–Crippen MR) is 105 cm³/mol. The number of amides is 2. The summed E-state index contributed by atoms with van der Waals surface area (Å²) in [5, 5.41) is 5.54. The average Bonchev–Trinajstić information content (AvgIpc) is 3.18. The Hall–Kier alpha value is -3.30. The first-order valence-electron chi connectivity index (χ1n) is 9.56. The molecule has 158 valence electrons. The van der Waals surface area contributed by atoms with Crippen LogP contribution < -0.4 is 20.3 Å². The van der Waals surface area contributed by atoms with Gasteiger partial charge >= 0.3 is 12.4 Å². The number of hydrogen-bond donors (Lipinski definition) is 2. The van der Waals surface area contributed by atoms with Crippen LogP contribution in [0.15, 0.2) is 36.7 Å². The highest BCUT2D eigenvalue weighted by atomic mass is 19.4. The quantitative estimate of drug-likeness (QED) is 0.790. The number of nitrogens with one attached hydrogen (secondary N) is 2. The number of carbonyl (C=O) groups is 1. The molecule has 2 aliphatic rings. The van der Waals surface area contributed by atoms with E-state index in [1.54, 1.807) is 6.33 Å². The Balaban J connectivity index is 1.27. The minimum atomic E-state index is -4.75. The van der Waals surface area contributed by atoms with Gasteiger partial charge in [0.05, 0.1) is 5.69 Å². The van der Waals surface area contributed by atoms with Gasteiger partial charge in [-0.1, -0.05) is 12.2 Å². The van der Waals surface area contributed by atoms with E-state index >= 15 is 0 Å². The van der Waals surface area contributed by atoms with Gasteiger partial charge in [0, 0.05) is 36.8 Å². The number of carbonyl (C=O) groups excluding carboxylic acids is 1. The van der Waals surface area contributed by atoms with Gasteiger partial charge in [-0.25, -0.2) is 14.8 Å². The fourth-order valence-electron chi connectivity index (χ4n) is 3.62. The summed E-state index contributed by atoms with van der Waals surface area (Å²) in [5.74, 6) is 0.588. The van der Waals surface area contributed by atoms with Crippen LogP contribution in [0.2, 0.25) is 0 Å². The second-order valence-corrected chi connectivity index (χ2v) is 7.10. The summed E-state index contributed by atoms with van der Waals surface area (Å²) in [6.45, 7) is 1.51. The molecule has 1 aromatic carbocycles. The predicted octanol–water partition coefficient (Wildman–Crippen LogP) is 3.74. The molecule has 0 radical (unpaired) electrons. The zero-order valence-corrected chi connectivity index (χ0v) is 15.9. The molecule has 0 unspecified atom stereocenters. The van der Waals surface area contributed by atoms with E-state index in [9.17, 15) is 18.0 Å². The first-order chi connectivity index (χ1) is 14.4. The van der Waals surface area contributed by atoms with E-state index in [2.05, 4.69) is 36.3 Å². The van der Waals surface area contributed by atoms with Crippen molar-refractivity contribution < 1.29 is 22.7 Å². The lowest BCUT2D eigenvalue weighted by atomic mass is 10.0. The number of benzene rings is 1. The van der Waals surface area contributed by atoms with Crippen LogP contribution in [0.4, 0.5) is 29.5 Å². The number of ether oxygens (including phenoxy) is 1. The molecule has 10 heteroatoms. The molecule has 0 bridgehead atoms. The number of alkyl halides is 3. The molecule has 1 aliphatic heterocycles. The normalized spacial score (nSPS) is 16.3. The molecule has 1 saturated heterocycles. The lowest BCUT2D eigenvalue weighted by Gasteiger charge is -2.33. The third-order valence-corrected chi connectivity index (χ3v) is 5.02. The topological polar surface area (TPSA) is 79.4 Å². The molecule has 1 aromatic heterocycles. The SMILES string of the molecule is O=C(Nc1ccc(OC(F)(F)F)cc1)NC1CCN(c2ncnc3c2C=CC3)CC1. The lowest BCUT2D eigenvalue weighted by Crippen LogP contribution is -2.46. The monoisotopic (exact) mass is 419 g/mol. The van der Waals surface area contributed by atoms with Crippen LogP contribution in [-0.4, -0.2) is 41.5 Å². The second-order valence-electron chi connectivity index (χ2n) is 7.10. The summed E-state index contributed by atoms with van der Waals surface area (Å²) in [6.07, 6.45) is 3.30. The molecular weight excluding hydrogens is 399 g/mol. The van der Waals surface area contributed by atoms with E-state index in [0.29, 0.717) is 5.69 Å². The van der Waals surface area contributed by atoms with E-state index in [-0.39, 0.29) is 11.8 Å². The molecule has 2 aromatic rings. The van der Waals surface area contributed by atoms with Gasteiger partial charge in [-0.2, -0.15) is 0 Å². The molecule has 30 heavy (non-hydrogen) atoms. The number of anilines is 2. The van der Waals surface area contributed by atoms with E-state index in [1.807, 2.05) is 6.08 Å². The van der Waals surface area contributed by atoms with Crippen LogP contribution in [-0.2, 0) is 6.42 Å². The number of hydrogen-bond acceptors (Lipinski definition) is 5. The number of fused-ring (bicyclic) bond motifs is 1. The Bertz CT molecular complexity index is 938. The molecule has 7 nitrogen and oxygen atoms in total. The molecule has 2 amide bonds. The minimum absolute atomic E-state index is 0.000450. The maximum atomic E-state index is 12.2. The van der Waals surface area contributed by atoms with Crippen molar-refractivity contribution in [1.29, 1.82) is 0 Å². The fraction of sp³-hybridized carbons (Fsp3) is 0.350. The zero-order valence-electron chi connectivity index (χ0n) is 15.9. The minimum Gasteiger partial charge on any atom is -0.406 e. The third-order valence-electron chi connectivity index (χ3n) is 5.02. The molecule has 0 atom stereocenters. The first kappa shape index (κ1) is 20.0. The van der Waals surface area contributed by atoms with Gasteiger partial charge in [-0.05, 0) is 37.1 Å². The maximum Gasteiger partial charge on any atom is 0.573 e. The first-order valence-corrected chi connectivity index (χ1v) is 9.56. The van der Waals surface area contributed by atoms with Crippen LogP contribution in [0.5, 0.6) is 5.75 Å². The van der Waals surface area contributed by atoms with Gasteiger partial charge in [0.15, 0.2) is 0 Å². The Morgan fingerprint density at radius 2 is 1.87 bits per heavy atom. The summed E-state index contributed by atoms with van der Waals surface area (Å²) >= 11 is 0. The Kier molecular flexibility index (Phi) is 5.47. The summed E-state index contributed by atoms with van der Waals surface area (Å²) in [7, 11) is 0. The highest BCUT2D eigenvalue weighted by Gasteiger charge is 2.31. The van der Waals surface area contributed by atoms with Gasteiger partial charge in [0.1, 0.15) is 17.9 Å². The Morgan fingerprint density at radius 3 is 2.57 bits per heavy atom. The summed E-state index contributed by atoms with van der Waals surface area (Å²) in [6, 6.07) is 4.61. The van der Waals surface area contributed by atoms with Crippen molar-refractivity contribution in [3.8, 4) is 5.75 Å². The standard InChI is InChI=1S/C20H20F3N5O2/c21-20(22,23)30-15-6-4-13(5-7-15)26-19(29)27-14-8-10-28(11-9-14)18-16-2-1-3-17(16)24-12-25-18/h1-2,4-7,12,14H,3,8-11H2,(H2,26,27,29). The smallest absolute Gasteiger partial charge is 0.406 e. The maximum absolute atomic E-state index is 12.2. The van der Waals surface area contributed by atoms with Crippen molar-refractivity contribution in [2.75, 3.05) is 23.3 Å². The molecule has 1 aliphatic carbocycles. The van der Waals surface area contributed by atoms with Gasteiger partial charge < -0.3 is 20.3 Å². The number of nitrogens with zero attached hydrogens (tertiary/aromatic N) is 3. The van der Waals surface area contributed by atoms with E-state index < -0.39 is 12.4 Å². The number of aromatic nitrogens is 2. The average molecular weight is 419 g/mol. The van der Waals surface area contributed by atoms with Crippen LogP contribution in [0.25, 0.3) is 6.08 Å². The summed E-state index contributed by atoms with van der Waals surface area (Å²) < 4.78 is 40.4. The Morgan fingerprint density at radius 1 is 1.13 bits per heavy atom. The molecule has 0 saturated carbocycles. The van der Waals surface area contributed by atoms with E-state index in [4.69, 9.17) is 0 Å². The van der Waals surface area contributed by atoms with Crippen molar-refractivity contribution in [2.45, 2.75) is 31.7 Å². The zero-order chi connectivity index (χ0) is 21.1. The molecular formula is C20H20F3N5O2. The molecule has 4 rings (SSSR count). The van der Waals surface area contributed by atoms with Crippen molar-refractivity contribution in [3.63, 3.8) is 0 Å². The van der Waals surface area contributed by atoms with Crippen molar-refractivity contribution in [3.05, 3.63) is 47.9 Å².